The lowest BCUT2D eigenvalue weighted by Gasteiger charge is -2.12. The quantitative estimate of drug-likeness (QED) is 0.797. The van der Waals surface area contributed by atoms with E-state index >= 15 is 0 Å². The van der Waals surface area contributed by atoms with E-state index in [4.69, 9.17) is 9.47 Å². The van der Waals surface area contributed by atoms with Crippen molar-refractivity contribution in [1.82, 2.24) is 4.90 Å². The summed E-state index contributed by atoms with van der Waals surface area (Å²) in [6.07, 6.45) is 5.92. The minimum atomic E-state index is 0.416. The number of methoxy groups -OCH3 is 2. The van der Waals surface area contributed by atoms with Crippen molar-refractivity contribution >= 4 is 6.08 Å². The monoisotopic (exact) mass is 247 g/mol. The maximum atomic E-state index is 5.35. The molecule has 3 heteroatoms. The van der Waals surface area contributed by atoms with Gasteiger partial charge in [-0.3, -0.25) is 4.90 Å². The number of rotatable bonds is 5. The normalized spacial score (nSPS) is 20.7. The fourth-order valence-electron chi connectivity index (χ4n) is 2.21. The Hall–Kier alpha value is -1.32. The van der Waals surface area contributed by atoms with Crippen LogP contribution in [0.3, 0.4) is 0 Å². The first-order valence-corrected chi connectivity index (χ1v) is 6.37. The molecule has 0 amide bonds. The molecule has 98 valence electrons. The van der Waals surface area contributed by atoms with Crippen LogP contribution >= 0.6 is 0 Å². The number of benzene rings is 1. The van der Waals surface area contributed by atoms with Gasteiger partial charge in [0, 0.05) is 26.7 Å². The first-order valence-electron chi connectivity index (χ1n) is 6.37. The fraction of sp³-hybridized carbons (Fsp3) is 0.467. The topological polar surface area (TPSA) is 21.7 Å². The Morgan fingerprint density at radius 1 is 1.28 bits per heavy atom. The molecule has 0 bridgehead atoms. The highest BCUT2D eigenvalue weighted by Crippen LogP contribution is 2.14. The van der Waals surface area contributed by atoms with Crippen LogP contribution in [0, 0.1) is 0 Å². The van der Waals surface area contributed by atoms with Crippen molar-refractivity contribution in [2.45, 2.75) is 12.5 Å². The summed E-state index contributed by atoms with van der Waals surface area (Å²) in [5.41, 5.74) is 1.21. The Morgan fingerprint density at radius 3 is 2.67 bits per heavy atom. The van der Waals surface area contributed by atoms with Crippen molar-refractivity contribution in [1.29, 1.82) is 0 Å². The molecule has 1 saturated heterocycles. The lowest BCUT2D eigenvalue weighted by atomic mass is 10.2. The Kier molecular flexibility index (Phi) is 4.79. The molecule has 0 radical (unpaired) electrons. The highest BCUT2D eigenvalue weighted by molar-refractivity contribution is 5.50. The van der Waals surface area contributed by atoms with Gasteiger partial charge in [-0.15, -0.1) is 0 Å². The highest BCUT2D eigenvalue weighted by atomic mass is 16.5. The molecule has 1 aromatic rings. The van der Waals surface area contributed by atoms with Gasteiger partial charge in [-0.1, -0.05) is 24.3 Å². The molecule has 3 nitrogen and oxygen atoms in total. The van der Waals surface area contributed by atoms with Crippen molar-refractivity contribution in [3.63, 3.8) is 0 Å². The van der Waals surface area contributed by atoms with Crippen molar-refractivity contribution in [2.24, 2.45) is 0 Å². The minimum Gasteiger partial charge on any atom is -0.497 e. The van der Waals surface area contributed by atoms with Gasteiger partial charge in [-0.25, -0.2) is 0 Å². The van der Waals surface area contributed by atoms with E-state index in [1.807, 2.05) is 12.1 Å². The maximum absolute atomic E-state index is 5.35. The number of hydrogen-bond donors (Lipinski definition) is 0. The van der Waals surface area contributed by atoms with Gasteiger partial charge in [0.1, 0.15) is 5.75 Å². The number of ether oxygens (including phenoxy) is 2. The predicted molar refractivity (Wildman–Crippen MR) is 73.9 cm³/mol. The third kappa shape index (κ3) is 3.59. The number of hydrogen-bond acceptors (Lipinski definition) is 3. The highest BCUT2D eigenvalue weighted by Gasteiger charge is 2.20. The molecule has 1 aliphatic heterocycles. The molecule has 1 aliphatic rings. The Bertz CT molecular complexity index is 386. The van der Waals surface area contributed by atoms with E-state index in [9.17, 15) is 0 Å². The summed E-state index contributed by atoms with van der Waals surface area (Å²) in [4.78, 5) is 2.41. The Morgan fingerprint density at radius 2 is 2.06 bits per heavy atom. The molecule has 1 aromatic carbocycles. The molecule has 0 aliphatic carbocycles. The zero-order valence-corrected chi connectivity index (χ0v) is 11.1. The van der Waals surface area contributed by atoms with Crippen LogP contribution in [0.15, 0.2) is 30.3 Å². The van der Waals surface area contributed by atoms with E-state index in [1.165, 1.54) is 5.56 Å². The van der Waals surface area contributed by atoms with E-state index in [0.717, 1.165) is 31.8 Å². The largest absolute Gasteiger partial charge is 0.497 e. The van der Waals surface area contributed by atoms with Gasteiger partial charge in [0.15, 0.2) is 0 Å². The summed E-state index contributed by atoms with van der Waals surface area (Å²) in [6, 6.07) is 8.10. The van der Waals surface area contributed by atoms with Gasteiger partial charge < -0.3 is 9.47 Å². The molecule has 0 saturated carbocycles. The van der Waals surface area contributed by atoms with Crippen molar-refractivity contribution < 1.29 is 9.47 Å². The lowest BCUT2D eigenvalue weighted by molar-refractivity contribution is 0.109. The SMILES string of the molecule is COc1ccc(/C=C/CN2CC[C@H](OC)C2)cc1. The molecular weight excluding hydrogens is 226 g/mol. The third-order valence-electron chi connectivity index (χ3n) is 3.35. The van der Waals surface area contributed by atoms with Crippen LogP contribution in [0.2, 0.25) is 0 Å². The number of likely N-dealkylation sites (tertiary alicyclic amines) is 1. The van der Waals surface area contributed by atoms with Crippen molar-refractivity contribution in [3.05, 3.63) is 35.9 Å². The van der Waals surface area contributed by atoms with Gasteiger partial charge in [0.25, 0.3) is 0 Å². The van der Waals surface area contributed by atoms with Gasteiger partial charge in [-0.05, 0) is 24.1 Å². The summed E-state index contributed by atoms with van der Waals surface area (Å²) in [7, 11) is 3.48. The number of nitrogens with zero attached hydrogens (tertiary/aromatic N) is 1. The van der Waals surface area contributed by atoms with Crippen LogP contribution in [0.4, 0.5) is 0 Å². The zero-order valence-electron chi connectivity index (χ0n) is 11.1. The third-order valence-corrected chi connectivity index (χ3v) is 3.35. The molecule has 0 N–H and O–H groups in total. The fourth-order valence-corrected chi connectivity index (χ4v) is 2.21. The molecule has 0 unspecified atom stereocenters. The average molecular weight is 247 g/mol. The molecule has 1 fully saturated rings. The summed E-state index contributed by atoms with van der Waals surface area (Å²) in [5, 5.41) is 0. The van der Waals surface area contributed by atoms with Gasteiger partial charge in [0.2, 0.25) is 0 Å². The predicted octanol–water partition coefficient (Wildman–Crippen LogP) is 2.43. The van der Waals surface area contributed by atoms with Crippen molar-refractivity contribution in [2.75, 3.05) is 33.9 Å². The second-order valence-corrected chi connectivity index (χ2v) is 4.58. The molecule has 1 heterocycles. The van der Waals surface area contributed by atoms with Crippen LogP contribution in [0.25, 0.3) is 6.08 Å². The first-order chi connectivity index (χ1) is 8.81. The minimum absolute atomic E-state index is 0.416. The maximum Gasteiger partial charge on any atom is 0.118 e. The van der Waals surface area contributed by atoms with Gasteiger partial charge >= 0.3 is 0 Å². The molecule has 0 spiro atoms. The van der Waals surface area contributed by atoms with Crippen LogP contribution in [0.1, 0.15) is 12.0 Å². The summed E-state index contributed by atoms with van der Waals surface area (Å²) in [5.74, 6) is 0.898. The van der Waals surface area contributed by atoms with E-state index in [1.54, 1.807) is 14.2 Å². The Labute approximate surface area is 109 Å². The smallest absolute Gasteiger partial charge is 0.118 e. The van der Waals surface area contributed by atoms with E-state index in [-0.39, 0.29) is 0 Å². The van der Waals surface area contributed by atoms with E-state index < -0.39 is 0 Å². The van der Waals surface area contributed by atoms with E-state index in [0.29, 0.717) is 6.10 Å². The summed E-state index contributed by atoms with van der Waals surface area (Å²) in [6.45, 7) is 3.17. The van der Waals surface area contributed by atoms with Crippen LogP contribution in [0.5, 0.6) is 5.75 Å². The molecular formula is C15H21NO2. The summed E-state index contributed by atoms with van der Waals surface area (Å²) < 4.78 is 10.5. The van der Waals surface area contributed by atoms with Crippen LogP contribution in [-0.4, -0.2) is 44.9 Å². The van der Waals surface area contributed by atoms with Crippen LogP contribution in [-0.2, 0) is 4.74 Å². The molecule has 0 aromatic heterocycles. The molecule has 18 heavy (non-hydrogen) atoms. The van der Waals surface area contributed by atoms with Gasteiger partial charge in [0.05, 0.1) is 13.2 Å². The lowest BCUT2D eigenvalue weighted by Crippen LogP contribution is -2.22. The zero-order chi connectivity index (χ0) is 12.8. The Balaban J connectivity index is 1.80. The summed E-state index contributed by atoms with van der Waals surface area (Å²) >= 11 is 0. The second-order valence-electron chi connectivity index (χ2n) is 4.58. The first kappa shape index (κ1) is 13.1. The second kappa shape index (κ2) is 6.57. The van der Waals surface area contributed by atoms with Gasteiger partial charge in [-0.2, -0.15) is 0 Å². The van der Waals surface area contributed by atoms with Crippen LogP contribution < -0.4 is 4.74 Å². The average Bonchev–Trinajstić information content (AvgIpc) is 2.87. The standard InChI is InChI=1S/C15H21NO2/c1-17-14-7-5-13(6-8-14)4-3-10-16-11-9-15(12-16)18-2/h3-8,15H,9-12H2,1-2H3/b4-3+/t15-/m0/s1. The molecule has 1 atom stereocenters. The molecule has 2 rings (SSSR count). The van der Waals surface area contributed by atoms with E-state index in [2.05, 4.69) is 29.2 Å². The van der Waals surface area contributed by atoms with Crippen molar-refractivity contribution in [3.8, 4) is 5.75 Å².